The van der Waals surface area contributed by atoms with Crippen LogP contribution in [0, 0.1) is 0 Å². The Balaban J connectivity index is 2.09. The molecule has 1 fully saturated rings. The van der Waals surface area contributed by atoms with Crippen molar-refractivity contribution in [1.82, 2.24) is 5.32 Å². The minimum absolute atomic E-state index is 0.247. The molecule has 1 aromatic carbocycles. The standard InChI is InChI=1S/C15H24N2/c1-15(2,3)12-5-7-14(8-6-12)17-10-9-13(11-17)16-4/h5-8,13,16H,9-11H2,1-4H3. The van der Waals surface area contributed by atoms with Crippen LogP contribution < -0.4 is 10.2 Å². The molecular formula is C15H24N2. The summed E-state index contributed by atoms with van der Waals surface area (Å²) in [5, 5.41) is 3.36. The van der Waals surface area contributed by atoms with E-state index in [4.69, 9.17) is 0 Å². The van der Waals surface area contributed by atoms with Crippen LogP contribution in [0.4, 0.5) is 5.69 Å². The van der Waals surface area contributed by atoms with E-state index in [2.05, 4.69) is 62.3 Å². The third-order valence-electron chi connectivity index (χ3n) is 3.69. The highest BCUT2D eigenvalue weighted by Gasteiger charge is 2.21. The Morgan fingerprint density at radius 2 is 1.82 bits per heavy atom. The number of hydrogen-bond donors (Lipinski definition) is 1. The van der Waals surface area contributed by atoms with Crippen LogP contribution in [0.1, 0.15) is 32.8 Å². The number of benzene rings is 1. The van der Waals surface area contributed by atoms with E-state index in [-0.39, 0.29) is 5.41 Å². The van der Waals surface area contributed by atoms with Crippen LogP contribution in [-0.4, -0.2) is 26.2 Å². The van der Waals surface area contributed by atoms with Crippen molar-refractivity contribution in [3.63, 3.8) is 0 Å². The highest BCUT2D eigenvalue weighted by molar-refractivity contribution is 5.49. The average Bonchev–Trinajstić information content (AvgIpc) is 2.76. The summed E-state index contributed by atoms with van der Waals surface area (Å²) in [6.45, 7) is 9.07. The zero-order chi connectivity index (χ0) is 12.5. The largest absolute Gasteiger partial charge is 0.370 e. The van der Waals surface area contributed by atoms with Gasteiger partial charge in [-0.1, -0.05) is 32.9 Å². The zero-order valence-electron chi connectivity index (χ0n) is 11.5. The van der Waals surface area contributed by atoms with E-state index in [1.54, 1.807) is 0 Å². The summed E-state index contributed by atoms with van der Waals surface area (Å²) in [6.07, 6.45) is 1.25. The van der Waals surface area contributed by atoms with E-state index in [1.165, 1.54) is 24.2 Å². The van der Waals surface area contributed by atoms with Gasteiger partial charge in [-0.3, -0.25) is 0 Å². The van der Waals surface area contributed by atoms with Gasteiger partial charge in [0.1, 0.15) is 0 Å². The molecule has 0 aromatic heterocycles. The second-order valence-corrected chi connectivity index (χ2v) is 6.02. The fourth-order valence-electron chi connectivity index (χ4n) is 2.40. The molecule has 0 saturated carbocycles. The van der Waals surface area contributed by atoms with Crippen LogP contribution in [-0.2, 0) is 5.41 Å². The van der Waals surface area contributed by atoms with Crippen LogP contribution in [0.5, 0.6) is 0 Å². The summed E-state index contributed by atoms with van der Waals surface area (Å²) in [5.74, 6) is 0. The number of nitrogens with one attached hydrogen (secondary N) is 1. The molecule has 0 amide bonds. The number of nitrogens with zero attached hydrogens (tertiary/aromatic N) is 1. The zero-order valence-corrected chi connectivity index (χ0v) is 11.5. The maximum Gasteiger partial charge on any atom is 0.0366 e. The summed E-state index contributed by atoms with van der Waals surface area (Å²) < 4.78 is 0. The van der Waals surface area contributed by atoms with Crippen molar-refractivity contribution in [2.45, 2.75) is 38.6 Å². The van der Waals surface area contributed by atoms with E-state index < -0.39 is 0 Å². The number of rotatable bonds is 2. The molecule has 0 spiro atoms. The van der Waals surface area contributed by atoms with Gasteiger partial charge in [0, 0.05) is 24.8 Å². The number of likely N-dealkylation sites (N-methyl/N-ethyl adjacent to an activating group) is 1. The van der Waals surface area contributed by atoms with Crippen LogP contribution in [0.2, 0.25) is 0 Å². The Morgan fingerprint density at radius 3 is 2.29 bits per heavy atom. The normalized spacial score (nSPS) is 20.9. The quantitative estimate of drug-likeness (QED) is 0.843. The monoisotopic (exact) mass is 232 g/mol. The number of anilines is 1. The SMILES string of the molecule is CNC1CCN(c2ccc(C(C)(C)C)cc2)C1. The van der Waals surface area contributed by atoms with Gasteiger partial charge in [-0.15, -0.1) is 0 Å². The lowest BCUT2D eigenvalue weighted by atomic mass is 9.87. The molecule has 1 heterocycles. The summed E-state index contributed by atoms with van der Waals surface area (Å²) in [4.78, 5) is 2.47. The third-order valence-corrected chi connectivity index (χ3v) is 3.69. The number of hydrogen-bond acceptors (Lipinski definition) is 2. The van der Waals surface area contributed by atoms with Crippen molar-refractivity contribution < 1.29 is 0 Å². The summed E-state index contributed by atoms with van der Waals surface area (Å²) >= 11 is 0. The predicted molar refractivity (Wildman–Crippen MR) is 74.8 cm³/mol. The van der Waals surface area contributed by atoms with Gasteiger partial charge in [-0.2, -0.15) is 0 Å². The maximum atomic E-state index is 3.36. The molecule has 0 bridgehead atoms. The van der Waals surface area contributed by atoms with E-state index in [1.807, 2.05) is 0 Å². The lowest BCUT2D eigenvalue weighted by Gasteiger charge is -2.22. The Morgan fingerprint density at radius 1 is 1.18 bits per heavy atom. The molecule has 2 rings (SSSR count). The molecule has 1 saturated heterocycles. The average molecular weight is 232 g/mol. The fraction of sp³-hybridized carbons (Fsp3) is 0.600. The summed E-state index contributed by atoms with van der Waals surface area (Å²) in [6, 6.07) is 9.71. The van der Waals surface area contributed by atoms with Gasteiger partial charge >= 0.3 is 0 Å². The Bertz CT molecular complexity index is 362. The third kappa shape index (κ3) is 2.81. The van der Waals surface area contributed by atoms with Crippen molar-refractivity contribution >= 4 is 5.69 Å². The van der Waals surface area contributed by atoms with Gasteiger partial charge in [0.05, 0.1) is 0 Å². The van der Waals surface area contributed by atoms with E-state index >= 15 is 0 Å². The second-order valence-electron chi connectivity index (χ2n) is 6.02. The molecule has 17 heavy (non-hydrogen) atoms. The Hall–Kier alpha value is -1.02. The van der Waals surface area contributed by atoms with Crippen LogP contribution in [0.25, 0.3) is 0 Å². The lowest BCUT2D eigenvalue weighted by Crippen LogP contribution is -2.29. The summed E-state index contributed by atoms with van der Waals surface area (Å²) in [5.41, 5.74) is 3.01. The molecule has 0 aliphatic carbocycles. The highest BCUT2D eigenvalue weighted by atomic mass is 15.2. The molecule has 0 radical (unpaired) electrons. The predicted octanol–water partition coefficient (Wildman–Crippen LogP) is 2.78. The molecule has 2 nitrogen and oxygen atoms in total. The summed E-state index contributed by atoms with van der Waals surface area (Å²) in [7, 11) is 2.05. The van der Waals surface area contributed by atoms with Gasteiger partial charge in [0.15, 0.2) is 0 Å². The van der Waals surface area contributed by atoms with Gasteiger partial charge in [-0.05, 0) is 36.6 Å². The topological polar surface area (TPSA) is 15.3 Å². The van der Waals surface area contributed by atoms with Crippen molar-refractivity contribution in [3.05, 3.63) is 29.8 Å². The maximum absolute atomic E-state index is 3.36. The molecular weight excluding hydrogens is 208 g/mol. The van der Waals surface area contributed by atoms with E-state index in [9.17, 15) is 0 Å². The molecule has 1 N–H and O–H groups in total. The van der Waals surface area contributed by atoms with Crippen LogP contribution in [0.3, 0.4) is 0 Å². The minimum atomic E-state index is 0.247. The molecule has 1 aliphatic heterocycles. The first-order valence-corrected chi connectivity index (χ1v) is 6.53. The molecule has 1 unspecified atom stereocenters. The Kier molecular flexibility index (Phi) is 3.43. The van der Waals surface area contributed by atoms with Crippen molar-refractivity contribution in [2.75, 3.05) is 25.0 Å². The van der Waals surface area contributed by atoms with Crippen LogP contribution in [0.15, 0.2) is 24.3 Å². The lowest BCUT2D eigenvalue weighted by molar-refractivity contribution is 0.590. The second kappa shape index (κ2) is 4.69. The van der Waals surface area contributed by atoms with Crippen molar-refractivity contribution in [2.24, 2.45) is 0 Å². The first-order valence-electron chi connectivity index (χ1n) is 6.53. The van der Waals surface area contributed by atoms with E-state index in [0.29, 0.717) is 6.04 Å². The van der Waals surface area contributed by atoms with Gasteiger partial charge < -0.3 is 10.2 Å². The molecule has 94 valence electrons. The first kappa shape index (κ1) is 12.4. The van der Waals surface area contributed by atoms with E-state index in [0.717, 1.165) is 6.54 Å². The molecule has 2 heteroatoms. The van der Waals surface area contributed by atoms with Gasteiger partial charge in [0.25, 0.3) is 0 Å². The molecule has 1 aromatic rings. The Labute approximate surface area is 105 Å². The van der Waals surface area contributed by atoms with Crippen molar-refractivity contribution in [3.8, 4) is 0 Å². The fourth-order valence-corrected chi connectivity index (χ4v) is 2.40. The van der Waals surface area contributed by atoms with Gasteiger partial charge in [0.2, 0.25) is 0 Å². The smallest absolute Gasteiger partial charge is 0.0366 e. The highest BCUT2D eigenvalue weighted by Crippen LogP contribution is 2.26. The van der Waals surface area contributed by atoms with Crippen molar-refractivity contribution in [1.29, 1.82) is 0 Å². The van der Waals surface area contributed by atoms with Crippen LogP contribution >= 0.6 is 0 Å². The molecule has 1 atom stereocenters. The molecule has 1 aliphatic rings. The van der Waals surface area contributed by atoms with Gasteiger partial charge in [-0.25, -0.2) is 0 Å². The first-order chi connectivity index (χ1) is 8.00. The minimum Gasteiger partial charge on any atom is -0.370 e.